The topological polar surface area (TPSA) is 39.8 Å². The maximum atomic E-state index is 12.3. The molecule has 1 aromatic carbocycles. The van der Waals surface area contributed by atoms with E-state index in [-0.39, 0.29) is 10.2 Å². The van der Waals surface area contributed by atoms with Gasteiger partial charge in [-0.1, -0.05) is 12.1 Å². The smallest absolute Gasteiger partial charge is 0.499 e. The molecule has 2 rings (SSSR count). The Kier molecular flexibility index (Phi) is 1.99. The van der Waals surface area contributed by atoms with Crippen LogP contribution in [-0.4, -0.2) is 4.98 Å². The van der Waals surface area contributed by atoms with E-state index in [1.807, 2.05) is 0 Å². The highest BCUT2D eigenvalue weighted by Gasteiger charge is 2.43. The number of fused-ring (bicyclic) bond motifs is 1. The Bertz CT molecular complexity index is 510. The second kappa shape index (κ2) is 3.08. The van der Waals surface area contributed by atoms with Crippen molar-refractivity contribution in [2.24, 2.45) is 0 Å². The number of nitrogens with zero attached hydrogens (tertiary/aromatic N) is 2. The van der Waals surface area contributed by atoms with Crippen molar-refractivity contribution in [3.63, 3.8) is 0 Å². The Balaban J connectivity index is 2.76. The van der Waals surface area contributed by atoms with E-state index in [1.165, 1.54) is 18.2 Å². The Morgan fingerprint density at radius 1 is 1.20 bits per heavy atom. The first kappa shape index (κ1) is 9.70. The van der Waals surface area contributed by atoms with Crippen molar-refractivity contribution >= 4 is 10.9 Å². The molecule has 1 aromatic heterocycles. The van der Waals surface area contributed by atoms with Gasteiger partial charge >= 0.3 is 12.0 Å². The van der Waals surface area contributed by atoms with Gasteiger partial charge in [-0.3, -0.25) is 0 Å². The molecule has 15 heavy (non-hydrogen) atoms. The van der Waals surface area contributed by atoms with Crippen LogP contribution in [-0.2, 0) is 6.18 Å². The summed E-state index contributed by atoms with van der Waals surface area (Å²) in [6.45, 7) is 0. The summed E-state index contributed by atoms with van der Waals surface area (Å²) in [5.74, 6) is -1.44. The Hall–Kier alpha value is -1.85. The van der Waals surface area contributed by atoms with Gasteiger partial charge in [0.15, 0.2) is 6.20 Å². The van der Waals surface area contributed by atoms with E-state index >= 15 is 0 Å². The molecule has 0 saturated heterocycles. The van der Waals surface area contributed by atoms with E-state index in [2.05, 4.69) is 4.98 Å². The van der Waals surface area contributed by atoms with Crippen LogP contribution in [0.15, 0.2) is 30.5 Å². The molecule has 0 amide bonds. The predicted octanol–water partition coefficient (Wildman–Crippen LogP) is 1.89. The van der Waals surface area contributed by atoms with Gasteiger partial charge in [0, 0.05) is 0 Å². The van der Waals surface area contributed by atoms with Crippen LogP contribution in [0.5, 0.6) is 0 Å². The van der Waals surface area contributed by atoms with Crippen LogP contribution < -0.4 is 4.73 Å². The zero-order chi connectivity index (χ0) is 11.1. The van der Waals surface area contributed by atoms with Crippen molar-refractivity contribution < 1.29 is 17.9 Å². The van der Waals surface area contributed by atoms with Crippen LogP contribution in [0.25, 0.3) is 10.9 Å². The normalized spacial score (nSPS) is 11.9. The van der Waals surface area contributed by atoms with E-state index in [1.54, 1.807) is 6.07 Å². The summed E-state index contributed by atoms with van der Waals surface area (Å²) in [5, 5.41) is 11.7. The highest BCUT2D eigenvalue weighted by Crippen LogP contribution is 2.25. The zero-order valence-corrected chi connectivity index (χ0v) is 7.32. The summed E-state index contributed by atoms with van der Waals surface area (Å²) in [6, 6.07) is 5.96. The van der Waals surface area contributed by atoms with Crippen LogP contribution in [0, 0.1) is 5.21 Å². The molecular formula is C9H5F3N2O. The highest BCUT2D eigenvalue weighted by molar-refractivity contribution is 5.74. The number of para-hydroxylation sites is 1. The fraction of sp³-hybridized carbons (Fsp3) is 0.111. The first-order chi connectivity index (χ1) is 7.00. The molecule has 0 aliphatic rings. The predicted molar refractivity (Wildman–Crippen MR) is 45.7 cm³/mol. The van der Waals surface area contributed by atoms with Crippen LogP contribution in [0.3, 0.4) is 0 Å². The van der Waals surface area contributed by atoms with E-state index < -0.39 is 12.0 Å². The molecule has 0 unspecified atom stereocenters. The van der Waals surface area contributed by atoms with Crippen molar-refractivity contribution in [3.05, 3.63) is 41.5 Å². The lowest BCUT2D eigenvalue weighted by molar-refractivity contribution is -0.607. The van der Waals surface area contributed by atoms with Crippen LogP contribution in [0.2, 0.25) is 0 Å². The lowest BCUT2D eigenvalue weighted by Gasteiger charge is -2.10. The molecule has 0 aliphatic carbocycles. The minimum absolute atomic E-state index is 0.0418. The van der Waals surface area contributed by atoms with E-state index in [0.29, 0.717) is 5.39 Å². The quantitative estimate of drug-likeness (QED) is 0.496. The summed E-state index contributed by atoms with van der Waals surface area (Å²) in [4.78, 5) is 3.10. The summed E-state index contributed by atoms with van der Waals surface area (Å²) in [5.41, 5.74) is -0.0418. The minimum atomic E-state index is -4.73. The fourth-order valence-corrected chi connectivity index (χ4v) is 1.27. The number of hydrogen-bond acceptors (Lipinski definition) is 2. The highest BCUT2D eigenvalue weighted by atomic mass is 19.4. The van der Waals surface area contributed by atoms with Gasteiger partial charge in [0.05, 0.1) is 5.39 Å². The number of benzene rings is 1. The SMILES string of the molecule is [O-][n+]1c(C(F)(F)F)ncc2ccccc21. The molecule has 0 radical (unpaired) electrons. The molecule has 0 bridgehead atoms. The fourth-order valence-electron chi connectivity index (χ4n) is 1.27. The van der Waals surface area contributed by atoms with Crippen LogP contribution >= 0.6 is 0 Å². The van der Waals surface area contributed by atoms with E-state index in [0.717, 1.165) is 6.20 Å². The van der Waals surface area contributed by atoms with Crippen molar-refractivity contribution in [1.82, 2.24) is 4.98 Å². The minimum Gasteiger partial charge on any atom is -0.710 e. The van der Waals surface area contributed by atoms with Crippen LogP contribution in [0.4, 0.5) is 13.2 Å². The molecule has 0 atom stereocenters. The third-order valence-corrected chi connectivity index (χ3v) is 1.93. The molecule has 78 valence electrons. The number of aromatic nitrogens is 2. The molecule has 2 aromatic rings. The van der Waals surface area contributed by atoms with Gasteiger partial charge in [0.25, 0.3) is 0 Å². The monoisotopic (exact) mass is 214 g/mol. The molecule has 0 saturated carbocycles. The van der Waals surface area contributed by atoms with Crippen LogP contribution in [0.1, 0.15) is 5.82 Å². The number of rotatable bonds is 0. The van der Waals surface area contributed by atoms with Crippen molar-refractivity contribution in [2.75, 3.05) is 0 Å². The summed E-state index contributed by atoms with van der Waals surface area (Å²) >= 11 is 0. The van der Waals surface area contributed by atoms with Gasteiger partial charge in [-0.25, -0.2) is 4.73 Å². The van der Waals surface area contributed by atoms with E-state index in [9.17, 15) is 18.4 Å². The van der Waals surface area contributed by atoms with Gasteiger partial charge in [-0.15, -0.1) is 0 Å². The first-order valence-corrected chi connectivity index (χ1v) is 4.04. The third kappa shape index (κ3) is 1.58. The van der Waals surface area contributed by atoms with Gasteiger partial charge in [0.1, 0.15) is 5.52 Å². The number of halogens is 3. The summed E-state index contributed by atoms with van der Waals surface area (Å²) in [6.07, 6.45) is -3.70. The lowest BCUT2D eigenvalue weighted by atomic mass is 10.2. The van der Waals surface area contributed by atoms with Crippen molar-refractivity contribution in [2.45, 2.75) is 6.18 Å². The Labute approximate surface area is 82.4 Å². The molecule has 1 heterocycles. The number of alkyl halides is 3. The molecule has 0 fully saturated rings. The van der Waals surface area contributed by atoms with E-state index in [4.69, 9.17) is 0 Å². The van der Waals surface area contributed by atoms with Gasteiger partial charge in [-0.05, 0) is 17.1 Å². The number of hydrogen-bond donors (Lipinski definition) is 0. The molecule has 6 heteroatoms. The van der Waals surface area contributed by atoms with Gasteiger partial charge in [0.2, 0.25) is 0 Å². The average Bonchev–Trinajstić information content (AvgIpc) is 2.16. The maximum Gasteiger partial charge on any atom is 0.499 e. The Morgan fingerprint density at radius 2 is 1.87 bits per heavy atom. The zero-order valence-electron chi connectivity index (χ0n) is 7.32. The molecule has 3 nitrogen and oxygen atoms in total. The maximum absolute atomic E-state index is 12.3. The molecule has 0 spiro atoms. The van der Waals surface area contributed by atoms with Gasteiger partial charge in [-0.2, -0.15) is 13.2 Å². The second-order valence-electron chi connectivity index (χ2n) is 2.93. The largest absolute Gasteiger partial charge is 0.710 e. The first-order valence-electron chi connectivity index (χ1n) is 4.04. The molecule has 0 aliphatic heterocycles. The Morgan fingerprint density at radius 3 is 2.53 bits per heavy atom. The third-order valence-electron chi connectivity index (χ3n) is 1.93. The van der Waals surface area contributed by atoms with Gasteiger partial charge < -0.3 is 5.21 Å². The lowest BCUT2D eigenvalue weighted by Crippen LogP contribution is -2.38. The molecule has 0 N–H and O–H groups in total. The summed E-state index contributed by atoms with van der Waals surface area (Å²) in [7, 11) is 0. The average molecular weight is 214 g/mol. The standard InChI is InChI=1S/C9H5F3N2O/c10-9(11,12)8-13-5-6-3-1-2-4-7(6)14(8)15/h1-5H. The van der Waals surface area contributed by atoms with Crippen molar-refractivity contribution in [3.8, 4) is 0 Å². The van der Waals surface area contributed by atoms with Crippen molar-refractivity contribution in [1.29, 1.82) is 0 Å². The molecular weight excluding hydrogens is 209 g/mol. The summed E-state index contributed by atoms with van der Waals surface area (Å²) < 4.78 is 36.7. The second-order valence-corrected chi connectivity index (χ2v) is 2.93.